The number of allylic oxidation sites excluding steroid dienone is 2. The Morgan fingerprint density at radius 2 is 1.50 bits per heavy atom. The molecule has 1 aliphatic carbocycles. The molecule has 0 spiro atoms. The number of aliphatic carboxylic acids is 2. The molecule has 0 aromatic rings. The molecule has 0 atom stereocenters. The highest BCUT2D eigenvalue weighted by atomic mass is 16.4. The molecule has 0 aliphatic heterocycles. The van der Waals surface area contributed by atoms with Gasteiger partial charge in [0.1, 0.15) is 0 Å². The second-order valence-corrected chi connectivity index (χ2v) is 6.59. The van der Waals surface area contributed by atoms with Gasteiger partial charge in [-0.25, -0.2) is 9.59 Å². The van der Waals surface area contributed by atoms with Crippen LogP contribution in [0.3, 0.4) is 0 Å². The van der Waals surface area contributed by atoms with E-state index < -0.39 is 11.9 Å². The smallest absolute Gasteiger partial charge is 0.330 e. The Hall–Kier alpha value is -1.58. The first-order valence-corrected chi connectivity index (χ1v) is 9.20. The fraction of sp³-hybridized carbons (Fsp3) is 0.700. The number of hydrogen-bond acceptors (Lipinski definition) is 2. The zero-order chi connectivity index (χ0) is 18.4. The Kier molecular flexibility index (Phi) is 12.9. The molecule has 0 unspecified atom stereocenters. The van der Waals surface area contributed by atoms with Crippen molar-refractivity contribution >= 4 is 11.9 Å². The van der Waals surface area contributed by atoms with Crippen molar-refractivity contribution in [3.63, 3.8) is 0 Å². The highest BCUT2D eigenvalue weighted by Crippen LogP contribution is 2.25. The van der Waals surface area contributed by atoms with E-state index in [1.165, 1.54) is 51.4 Å². The van der Waals surface area contributed by atoms with Gasteiger partial charge in [0, 0.05) is 11.1 Å². The molecule has 24 heavy (non-hydrogen) atoms. The van der Waals surface area contributed by atoms with Gasteiger partial charge in [-0.3, -0.25) is 0 Å². The second kappa shape index (κ2) is 13.8. The van der Waals surface area contributed by atoms with Gasteiger partial charge in [-0.05, 0) is 45.4 Å². The van der Waals surface area contributed by atoms with Crippen molar-refractivity contribution in [2.75, 3.05) is 0 Å². The Labute approximate surface area is 146 Å². The van der Waals surface area contributed by atoms with Crippen LogP contribution in [0.15, 0.2) is 23.3 Å². The molecule has 1 rings (SSSR count). The highest BCUT2D eigenvalue weighted by molar-refractivity contribution is 5.86. The van der Waals surface area contributed by atoms with E-state index in [1.54, 1.807) is 19.9 Å². The van der Waals surface area contributed by atoms with E-state index in [9.17, 15) is 9.59 Å². The molecule has 0 amide bonds. The number of carbonyl (C=O) groups is 2. The first kappa shape index (κ1) is 22.4. The molecule has 0 aromatic carbocycles. The number of carboxylic acids is 2. The summed E-state index contributed by atoms with van der Waals surface area (Å²) < 4.78 is 0. The average molecular weight is 338 g/mol. The van der Waals surface area contributed by atoms with Crippen LogP contribution in [0.4, 0.5) is 0 Å². The first-order chi connectivity index (χ1) is 11.4. The van der Waals surface area contributed by atoms with Gasteiger partial charge in [-0.2, -0.15) is 0 Å². The minimum atomic E-state index is -0.800. The van der Waals surface area contributed by atoms with Crippen molar-refractivity contribution in [1.82, 2.24) is 0 Å². The maximum Gasteiger partial charge on any atom is 0.330 e. The van der Waals surface area contributed by atoms with E-state index in [0.29, 0.717) is 17.1 Å². The predicted octanol–water partition coefficient (Wildman–Crippen LogP) is 5.59. The van der Waals surface area contributed by atoms with Crippen LogP contribution < -0.4 is 0 Å². The second-order valence-electron chi connectivity index (χ2n) is 6.59. The molecule has 4 heteroatoms. The van der Waals surface area contributed by atoms with Crippen LogP contribution in [0.1, 0.15) is 85.0 Å². The van der Waals surface area contributed by atoms with Crippen LogP contribution in [0.2, 0.25) is 0 Å². The van der Waals surface area contributed by atoms with Gasteiger partial charge >= 0.3 is 11.9 Å². The third-order valence-electron chi connectivity index (χ3n) is 4.32. The summed E-state index contributed by atoms with van der Waals surface area (Å²) in [6.07, 6.45) is 15.6. The summed E-state index contributed by atoms with van der Waals surface area (Å²) in [5.41, 5.74) is 0.966. The molecule has 2 N–H and O–H groups in total. The molecule has 0 bridgehead atoms. The van der Waals surface area contributed by atoms with Gasteiger partial charge in [0.25, 0.3) is 0 Å². The van der Waals surface area contributed by atoms with Crippen LogP contribution in [0, 0.1) is 5.92 Å². The SMILES string of the molecule is CC(=CC1CCCCC1)C(=O)O.CCCCCCC=C(C)C(=O)O. The van der Waals surface area contributed by atoms with E-state index >= 15 is 0 Å². The molecule has 0 saturated heterocycles. The largest absolute Gasteiger partial charge is 0.478 e. The Balaban J connectivity index is 0.000000441. The maximum atomic E-state index is 10.5. The third-order valence-corrected chi connectivity index (χ3v) is 4.32. The lowest BCUT2D eigenvalue weighted by Crippen LogP contribution is -2.06. The van der Waals surface area contributed by atoms with Crippen molar-refractivity contribution in [1.29, 1.82) is 0 Å². The lowest BCUT2D eigenvalue weighted by atomic mass is 9.88. The Morgan fingerprint density at radius 3 is 2.00 bits per heavy atom. The molecular formula is C20H34O4. The standard InChI is InChI=1S/C10H16O2.C10H18O2/c1-8(10(11)12)7-9-5-3-2-4-6-9;1-3-4-5-6-7-8-9(2)10(11)12/h7,9H,2-6H2,1H3,(H,11,12);8H,3-7H2,1-2H3,(H,11,12). The number of rotatable bonds is 8. The molecule has 0 radical (unpaired) electrons. The lowest BCUT2D eigenvalue weighted by Gasteiger charge is -2.18. The summed E-state index contributed by atoms with van der Waals surface area (Å²) in [5.74, 6) is -1.05. The average Bonchev–Trinajstić information content (AvgIpc) is 2.55. The monoisotopic (exact) mass is 338 g/mol. The van der Waals surface area contributed by atoms with Gasteiger partial charge in [0.15, 0.2) is 0 Å². The van der Waals surface area contributed by atoms with Gasteiger partial charge < -0.3 is 10.2 Å². The fourth-order valence-corrected chi connectivity index (χ4v) is 2.70. The Morgan fingerprint density at radius 1 is 0.917 bits per heavy atom. The maximum absolute atomic E-state index is 10.5. The first-order valence-electron chi connectivity index (χ1n) is 9.20. The van der Waals surface area contributed by atoms with Gasteiger partial charge in [0.05, 0.1) is 0 Å². The van der Waals surface area contributed by atoms with E-state index in [4.69, 9.17) is 10.2 Å². The van der Waals surface area contributed by atoms with E-state index in [1.807, 2.05) is 6.08 Å². The van der Waals surface area contributed by atoms with E-state index in [-0.39, 0.29) is 0 Å². The number of unbranched alkanes of at least 4 members (excludes halogenated alkanes) is 4. The van der Waals surface area contributed by atoms with E-state index in [2.05, 4.69) is 6.92 Å². The summed E-state index contributed by atoms with van der Waals surface area (Å²) in [5, 5.41) is 17.2. The zero-order valence-corrected chi connectivity index (χ0v) is 15.5. The van der Waals surface area contributed by atoms with Crippen LogP contribution in [-0.4, -0.2) is 22.2 Å². The molecule has 4 nitrogen and oxygen atoms in total. The van der Waals surface area contributed by atoms with Gasteiger partial charge in [-0.15, -0.1) is 0 Å². The molecule has 1 fully saturated rings. The number of hydrogen-bond donors (Lipinski definition) is 2. The lowest BCUT2D eigenvalue weighted by molar-refractivity contribution is -0.133. The molecule has 138 valence electrons. The van der Waals surface area contributed by atoms with Crippen molar-refractivity contribution in [2.45, 2.75) is 85.0 Å². The van der Waals surface area contributed by atoms with Crippen molar-refractivity contribution in [3.8, 4) is 0 Å². The molecule has 1 saturated carbocycles. The summed E-state index contributed by atoms with van der Waals surface area (Å²) in [7, 11) is 0. The molecular weight excluding hydrogens is 304 g/mol. The highest BCUT2D eigenvalue weighted by Gasteiger charge is 2.12. The quantitative estimate of drug-likeness (QED) is 0.447. The molecule has 0 aromatic heterocycles. The van der Waals surface area contributed by atoms with Crippen LogP contribution >= 0.6 is 0 Å². The van der Waals surface area contributed by atoms with Crippen molar-refractivity contribution in [3.05, 3.63) is 23.3 Å². The normalized spacial score (nSPS) is 16.3. The summed E-state index contributed by atoms with van der Waals surface area (Å²) in [6, 6.07) is 0. The van der Waals surface area contributed by atoms with Crippen LogP contribution in [-0.2, 0) is 9.59 Å². The van der Waals surface area contributed by atoms with Gasteiger partial charge in [0.2, 0.25) is 0 Å². The zero-order valence-electron chi connectivity index (χ0n) is 15.5. The molecule has 1 aliphatic rings. The summed E-state index contributed by atoms with van der Waals surface area (Å²) in [6.45, 7) is 5.48. The third kappa shape index (κ3) is 11.9. The fourth-order valence-electron chi connectivity index (χ4n) is 2.70. The summed E-state index contributed by atoms with van der Waals surface area (Å²) >= 11 is 0. The number of carboxylic acid groups (broad SMARTS) is 2. The predicted molar refractivity (Wildman–Crippen MR) is 98.1 cm³/mol. The minimum absolute atomic E-state index is 0.464. The topological polar surface area (TPSA) is 74.6 Å². The molecule has 0 heterocycles. The van der Waals surface area contributed by atoms with Crippen LogP contribution in [0.25, 0.3) is 0 Å². The summed E-state index contributed by atoms with van der Waals surface area (Å²) in [4.78, 5) is 20.9. The van der Waals surface area contributed by atoms with Gasteiger partial charge in [-0.1, -0.05) is 57.6 Å². The Bertz CT molecular complexity index is 429. The van der Waals surface area contributed by atoms with E-state index in [0.717, 1.165) is 12.8 Å². The minimum Gasteiger partial charge on any atom is -0.478 e. The van der Waals surface area contributed by atoms with Crippen molar-refractivity contribution in [2.24, 2.45) is 5.92 Å². The van der Waals surface area contributed by atoms with Crippen molar-refractivity contribution < 1.29 is 19.8 Å². The van der Waals surface area contributed by atoms with Crippen LogP contribution in [0.5, 0.6) is 0 Å².